The molecule has 4 heteroatoms. The number of halogens is 3. The fraction of sp³-hybridized carbons (Fsp3) is 0.231. The molecular formula is C13H11F3O. The second-order valence-electron chi connectivity index (χ2n) is 4.00. The SMILES string of the molecule is Cc1cc2ccccc2cc1C(O)C(F)(F)F. The third-order valence-corrected chi connectivity index (χ3v) is 2.74. The molecule has 1 atom stereocenters. The molecule has 17 heavy (non-hydrogen) atoms. The van der Waals surface area contributed by atoms with Gasteiger partial charge in [0.05, 0.1) is 0 Å². The van der Waals surface area contributed by atoms with Crippen LogP contribution in [0.25, 0.3) is 10.8 Å². The Morgan fingerprint density at radius 2 is 1.59 bits per heavy atom. The van der Waals surface area contributed by atoms with E-state index < -0.39 is 12.3 Å². The molecule has 0 spiro atoms. The van der Waals surface area contributed by atoms with Crippen molar-refractivity contribution in [1.29, 1.82) is 0 Å². The summed E-state index contributed by atoms with van der Waals surface area (Å²) in [5.41, 5.74) is 0.352. The van der Waals surface area contributed by atoms with Crippen molar-refractivity contribution < 1.29 is 18.3 Å². The predicted octanol–water partition coefficient (Wildman–Crippen LogP) is 3.74. The second kappa shape index (κ2) is 4.04. The fourth-order valence-corrected chi connectivity index (χ4v) is 1.84. The summed E-state index contributed by atoms with van der Waals surface area (Å²) in [5.74, 6) is 0. The van der Waals surface area contributed by atoms with Crippen molar-refractivity contribution in [2.75, 3.05) is 0 Å². The van der Waals surface area contributed by atoms with E-state index in [1.54, 1.807) is 25.1 Å². The first kappa shape index (κ1) is 11.9. The van der Waals surface area contributed by atoms with Gasteiger partial charge in [-0.1, -0.05) is 30.3 Å². The number of aryl methyl sites for hydroxylation is 1. The maximum atomic E-state index is 12.5. The second-order valence-corrected chi connectivity index (χ2v) is 4.00. The van der Waals surface area contributed by atoms with Crippen molar-refractivity contribution in [3.05, 3.63) is 47.5 Å². The van der Waals surface area contributed by atoms with E-state index in [2.05, 4.69) is 0 Å². The number of aliphatic hydroxyl groups is 1. The average Bonchev–Trinajstić information content (AvgIpc) is 2.26. The van der Waals surface area contributed by atoms with Crippen molar-refractivity contribution in [1.82, 2.24) is 0 Å². The summed E-state index contributed by atoms with van der Waals surface area (Å²) in [7, 11) is 0. The number of fused-ring (bicyclic) bond motifs is 1. The van der Waals surface area contributed by atoms with E-state index in [0.29, 0.717) is 10.9 Å². The third kappa shape index (κ3) is 2.26. The molecule has 90 valence electrons. The molecule has 0 radical (unpaired) electrons. The zero-order valence-electron chi connectivity index (χ0n) is 9.12. The highest BCUT2D eigenvalue weighted by Crippen LogP contribution is 2.35. The number of hydrogen-bond acceptors (Lipinski definition) is 1. The Labute approximate surface area is 96.5 Å². The minimum atomic E-state index is -4.63. The van der Waals surface area contributed by atoms with Crippen LogP contribution in [0, 0.1) is 6.92 Å². The van der Waals surface area contributed by atoms with Crippen LogP contribution in [0.15, 0.2) is 36.4 Å². The molecular weight excluding hydrogens is 229 g/mol. The summed E-state index contributed by atoms with van der Waals surface area (Å²) in [5, 5.41) is 10.8. The minimum Gasteiger partial charge on any atom is -0.379 e. The lowest BCUT2D eigenvalue weighted by Gasteiger charge is -2.17. The summed E-state index contributed by atoms with van der Waals surface area (Å²) in [6.07, 6.45) is -7.06. The zero-order valence-corrected chi connectivity index (χ0v) is 9.12. The summed E-state index contributed by atoms with van der Waals surface area (Å²) in [6, 6.07) is 10.2. The van der Waals surface area contributed by atoms with Gasteiger partial charge in [0.1, 0.15) is 0 Å². The topological polar surface area (TPSA) is 20.2 Å². The molecule has 1 N–H and O–H groups in total. The van der Waals surface area contributed by atoms with Gasteiger partial charge in [0.2, 0.25) is 0 Å². The highest BCUT2D eigenvalue weighted by Gasteiger charge is 2.40. The largest absolute Gasteiger partial charge is 0.418 e. The molecule has 0 saturated heterocycles. The highest BCUT2D eigenvalue weighted by atomic mass is 19.4. The van der Waals surface area contributed by atoms with Gasteiger partial charge >= 0.3 is 6.18 Å². The van der Waals surface area contributed by atoms with Crippen molar-refractivity contribution in [3.63, 3.8) is 0 Å². The van der Waals surface area contributed by atoms with E-state index in [1.165, 1.54) is 6.07 Å². The van der Waals surface area contributed by atoms with Crippen LogP contribution >= 0.6 is 0 Å². The molecule has 0 amide bonds. The smallest absolute Gasteiger partial charge is 0.379 e. The molecule has 0 heterocycles. The van der Waals surface area contributed by atoms with Gasteiger partial charge in [-0.25, -0.2) is 0 Å². The summed E-state index contributed by atoms with van der Waals surface area (Å²) in [6.45, 7) is 1.57. The van der Waals surface area contributed by atoms with E-state index >= 15 is 0 Å². The third-order valence-electron chi connectivity index (χ3n) is 2.74. The molecule has 0 aromatic heterocycles. The van der Waals surface area contributed by atoms with Crippen LogP contribution in [-0.2, 0) is 0 Å². The average molecular weight is 240 g/mol. The van der Waals surface area contributed by atoms with E-state index in [0.717, 1.165) is 5.39 Å². The van der Waals surface area contributed by atoms with Gasteiger partial charge in [-0.05, 0) is 34.9 Å². The first-order valence-electron chi connectivity index (χ1n) is 5.13. The van der Waals surface area contributed by atoms with Gasteiger partial charge in [0.15, 0.2) is 6.10 Å². The molecule has 0 fully saturated rings. The Kier molecular flexibility index (Phi) is 2.83. The lowest BCUT2D eigenvalue weighted by molar-refractivity contribution is -0.206. The standard InChI is InChI=1S/C13H11F3O/c1-8-6-9-4-2-3-5-10(9)7-11(8)12(17)13(14,15)16/h2-7,12,17H,1H3. The van der Waals surface area contributed by atoms with Crippen LogP contribution in [-0.4, -0.2) is 11.3 Å². The Balaban J connectivity index is 2.58. The predicted molar refractivity (Wildman–Crippen MR) is 59.7 cm³/mol. The summed E-state index contributed by atoms with van der Waals surface area (Å²) >= 11 is 0. The Morgan fingerprint density at radius 1 is 1.06 bits per heavy atom. The molecule has 1 nitrogen and oxygen atoms in total. The molecule has 0 aliphatic carbocycles. The zero-order chi connectivity index (χ0) is 12.6. The van der Waals surface area contributed by atoms with Gasteiger partial charge in [-0.2, -0.15) is 13.2 Å². The Hall–Kier alpha value is -1.55. The van der Waals surface area contributed by atoms with E-state index in [9.17, 15) is 18.3 Å². The Morgan fingerprint density at radius 3 is 2.12 bits per heavy atom. The molecule has 1 unspecified atom stereocenters. The lowest BCUT2D eigenvalue weighted by atomic mass is 9.98. The normalized spacial score (nSPS) is 13.9. The van der Waals surface area contributed by atoms with Gasteiger partial charge < -0.3 is 5.11 Å². The first-order chi connectivity index (χ1) is 7.89. The molecule has 2 aromatic carbocycles. The van der Waals surface area contributed by atoms with Gasteiger partial charge in [-0.3, -0.25) is 0 Å². The first-order valence-corrected chi connectivity index (χ1v) is 5.13. The monoisotopic (exact) mass is 240 g/mol. The highest BCUT2D eigenvalue weighted by molar-refractivity contribution is 5.84. The minimum absolute atomic E-state index is 0.0869. The van der Waals surface area contributed by atoms with Crippen LogP contribution in [0.4, 0.5) is 13.2 Å². The summed E-state index contributed by atoms with van der Waals surface area (Å²) < 4.78 is 37.4. The lowest BCUT2D eigenvalue weighted by Crippen LogP contribution is -2.21. The number of rotatable bonds is 1. The van der Waals surface area contributed by atoms with Crippen molar-refractivity contribution in [2.24, 2.45) is 0 Å². The molecule has 0 aliphatic rings. The van der Waals surface area contributed by atoms with Crippen LogP contribution in [0.1, 0.15) is 17.2 Å². The van der Waals surface area contributed by atoms with Crippen molar-refractivity contribution in [3.8, 4) is 0 Å². The molecule has 0 bridgehead atoms. The van der Waals surface area contributed by atoms with E-state index in [4.69, 9.17) is 0 Å². The summed E-state index contributed by atoms with van der Waals surface area (Å²) in [4.78, 5) is 0. The maximum Gasteiger partial charge on any atom is 0.418 e. The van der Waals surface area contributed by atoms with Crippen LogP contribution in [0.2, 0.25) is 0 Å². The van der Waals surface area contributed by atoms with Gasteiger partial charge in [-0.15, -0.1) is 0 Å². The van der Waals surface area contributed by atoms with E-state index in [1.807, 2.05) is 12.1 Å². The molecule has 2 aromatic rings. The molecule has 0 saturated carbocycles. The number of aliphatic hydroxyl groups excluding tert-OH is 1. The van der Waals surface area contributed by atoms with Crippen LogP contribution < -0.4 is 0 Å². The van der Waals surface area contributed by atoms with Crippen LogP contribution in [0.5, 0.6) is 0 Å². The number of hydrogen-bond donors (Lipinski definition) is 1. The van der Waals surface area contributed by atoms with Gasteiger partial charge in [0, 0.05) is 0 Å². The number of benzene rings is 2. The van der Waals surface area contributed by atoms with Crippen LogP contribution in [0.3, 0.4) is 0 Å². The van der Waals surface area contributed by atoms with Crippen molar-refractivity contribution in [2.45, 2.75) is 19.2 Å². The molecule has 0 aliphatic heterocycles. The maximum absolute atomic E-state index is 12.5. The van der Waals surface area contributed by atoms with E-state index in [-0.39, 0.29) is 5.56 Å². The quantitative estimate of drug-likeness (QED) is 0.805. The number of alkyl halides is 3. The molecule has 2 rings (SSSR count). The van der Waals surface area contributed by atoms with Crippen molar-refractivity contribution >= 4 is 10.8 Å². The fourth-order valence-electron chi connectivity index (χ4n) is 1.84. The Bertz CT molecular complexity index is 546. The van der Waals surface area contributed by atoms with Gasteiger partial charge in [0.25, 0.3) is 0 Å².